The van der Waals surface area contributed by atoms with Gasteiger partial charge in [0.1, 0.15) is 6.61 Å². The van der Waals surface area contributed by atoms with Crippen LogP contribution in [-0.4, -0.2) is 35.7 Å². The molecule has 0 bridgehead atoms. The van der Waals surface area contributed by atoms with E-state index in [9.17, 15) is 14.9 Å². The van der Waals surface area contributed by atoms with Gasteiger partial charge in [-0.15, -0.1) is 0 Å². The fourth-order valence-corrected chi connectivity index (χ4v) is 3.63. The Labute approximate surface area is 150 Å². The third-order valence-corrected chi connectivity index (χ3v) is 4.88. The highest BCUT2D eigenvalue weighted by Crippen LogP contribution is 2.35. The number of hydrogen-bond acceptors (Lipinski definition) is 6. The van der Waals surface area contributed by atoms with Crippen molar-refractivity contribution in [3.8, 4) is 0 Å². The average Bonchev–Trinajstić information content (AvgIpc) is 3.06. The van der Waals surface area contributed by atoms with Crippen molar-refractivity contribution in [1.29, 1.82) is 0 Å². The summed E-state index contributed by atoms with van der Waals surface area (Å²) in [5.41, 5.74) is 3.66. The van der Waals surface area contributed by atoms with Crippen LogP contribution in [0, 0.1) is 17.0 Å². The van der Waals surface area contributed by atoms with Gasteiger partial charge in [-0.25, -0.2) is 9.78 Å². The quantitative estimate of drug-likeness (QED) is 0.622. The molecule has 134 valence electrons. The van der Waals surface area contributed by atoms with E-state index in [1.165, 1.54) is 0 Å². The first-order chi connectivity index (χ1) is 12.6. The van der Waals surface area contributed by atoms with Crippen molar-refractivity contribution in [2.75, 3.05) is 29.5 Å². The first kappa shape index (κ1) is 16.3. The summed E-state index contributed by atoms with van der Waals surface area (Å²) in [5.74, 6) is 0.395. The summed E-state index contributed by atoms with van der Waals surface area (Å²) in [6.45, 7) is 3.78. The van der Waals surface area contributed by atoms with Crippen molar-refractivity contribution < 1.29 is 14.5 Å². The summed E-state index contributed by atoms with van der Waals surface area (Å²) in [4.78, 5) is 30.9. The molecule has 2 aromatic rings. The number of rotatable bonds is 3. The van der Waals surface area contributed by atoms with E-state index in [0.717, 1.165) is 16.8 Å². The smallest absolute Gasteiger partial charge is 0.414 e. The van der Waals surface area contributed by atoms with Gasteiger partial charge in [0.15, 0.2) is 0 Å². The van der Waals surface area contributed by atoms with Gasteiger partial charge in [0.25, 0.3) is 0 Å². The van der Waals surface area contributed by atoms with Crippen LogP contribution in [0.25, 0.3) is 0 Å². The Bertz CT molecular complexity index is 899. The van der Waals surface area contributed by atoms with Gasteiger partial charge in [0.2, 0.25) is 5.82 Å². The average molecular weight is 354 g/mol. The summed E-state index contributed by atoms with van der Waals surface area (Å²) in [6, 6.07) is 7.47. The molecule has 0 atom stereocenters. The number of nitrogens with zero attached hydrogens (tertiary/aromatic N) is 4. The van der Waals surface area contributed by atoms with Crippen LogP contribution in [0.2, 0.25) is 0 Å². The van der Waals surface area contributed by atoms with Crippen molar-refractivity contribution in [2.24, 2.45) is 0 Å². The molecule has 0 radical (unpaired) electrons. The van der Waals surface area contributed by atoms with Crippen molar-refractivity contribution in [1.82, 2.24) is 4.98 Å². The molecular weight excluding hydrogens is 336 g/mol. The number of carbonyl (C=O) groups is 1. The molecular formula is C18H18N4O4. The maximum absolute atomic E-state index is 11.9. The van der Waals surface area contributed by atoms with Gasteiger partial charge in [-0.2, -0.15) is 0 Å². The minimum Gasteiger partial charge on any atom is -0.447 e. The number of amides is 1. The van der Waals surface area contributed by atoms with Crippen molar-refractivity contribution in [3.05, 3.63) is 57.3 Å². The molecule has 26 heavy (non-hydrogen) atoms. The Morgan fingerprint density at radius 3 is 2.85 bits per heavy atom. The first-order valence-electron chi connectivity index (χ1n) is 8.46. The molecule has 4 rings (SSSR count). The number of hydrogen-bond donors (Lipinski definition) is 0. The van der Waals surface area contributed by atoms with E-state index in [-0.39, 0.29) is 16.7 Å². The standard InChI is InChI=1S/C18H18N4O4/c1-12-5-7-19-17(16(12)22(24)25)20-8-6-14-13(11-20)3-2-4-15(14)21-9-10-26-18(21)23/h2-5,7H,6,8-11H2,1H3. The van der Waals surface area contributed by atoms with Crippen molar-refractivity contribution >= 4 is 23.3 Å². The van der Waals surface area contributed by atoms with Crippen molar-refractivity contribution in [3.63, 3.8) is 0 Å². The Morgan fingerprint density at radius 1 is 1.27 bits per heavy atom. The fraction of sp³-hybridized carbons (Fsp3) is 0.333. The highest BCUT2D eigenvalue weighted by molar-refractivity contribution is 5.90. The molecule has 0 spiro atoms. The van der Waals surface area contributed by atoms with E-state index in [1.807, 2.05) is 23.1 Å². The van der Waals surface area contributed by atoms with Gasteiger partial charge < -0.3 is 9.64 Å². The molecule has 2 aliphatic heterocycles. The molecule has 2 aliphatic rings. The Hall–Kier alpha value is -3.16. The van der Waals surface area contributed by atoms with Crippen LogP contribution in [-0.2, 0) is 17.7 Å². The number of fused-ring (bicyclic) bond motifs is 1. The number of benzene rings is 1. The Balaban J connectivity index is 1.69. The highest BCUT2D eigenvalue weighted by Gasteiger charge is 2.31. The molecule has 1 amide bonds. The number of pyridine rings is 1. The van der Waals surface area contributed by atoms with Crippen LogP contribution >= 0.6 is 0 Å². The minimum absolute atomic E-state index is 0.0511. The van der Waals surface area contributed by atoms with Crippen LogP contribution in [0.5, 0.6) is 0 Å². The lowest BCUT2D eigenvalue weighted by Gasteiger charge is -2.31. The van der Waals surface area contributed by atoms with E-state index in [2.05, 4.69) is 4.98 Å². The van der Waals surface area contributed by atoms with E-state index in [4.69, 9.17) is 4.74 Å². The predicted octanol–water partition coefficient (Wildman–Crippen LogP) is 2.82. The van der Waals surface area contributed by atoms with Gasteiger partial charge >= 0.3 is 11.8 Å². The van der Waals surface area contributed by atoms with E-state index in [1.54, 1.807) is 24.1 Å². The van der Waals surface area contributed by atoms with Crippen LogP contribution in [0.15, 0.2) is 30.5 Å². The molecule has 1 fully saturated rings. The highest BCUT2D eigenvalue weighted by atomic mass is 16.6. The van der Waals surface area contributed by atoms with Crippen LogP contribution < -0.4 is 9.80 Å². The molecule has 1 aromatic carbocycles. The third-order valence-electron chi connectivity index (χ3n) is 4.88. The van der Waals surface area contributed by atoms with E-state index in [0.29, 0.717) is 44.0 Å². The lowest BCUT2D eigenvalue weighted by Crippen LogP contribution is -2.34. The largest absolute Gasteiger partial charge is 0.447 e. The second kappa shape index (κ2) is 6.29. The zero-order chi connectivity index (χ0) is 18.3. The van der Waals surface area contributed by atoms with Crippen LogP contribution in [0.1, 0.15) is 16.7 Å². The summed E-state index contributed by atoms with van der Waals surface area (Å²) >= 11 is 0. The normalized spacial score (nSPS) is 16.4. The number of aryl methyl sites for hydroxylation is 1. The number of aromatic nitrogens is 1. The number of anilines is 2. The van der Waals surface area contributed by atoms with Gasteiger partial charge in [-0.3, -0.25) is 15.0 Å². The predicted molar refractivity (Wildman–Crippen MR) is 95.5 cm³/mol. The lowest BCUT2D eigenvalue weighted by molar-refractivity contribution is -0.384. The summed E-state index contributed by atoms with van der Waals surface area (Å²) < 4.78 is 5.05. The molecule has 0 N–H and O–H groups in total. The first-order valence-corrected chi connectivity index (χ1v) is 8.46. The molecule has 0 aliphatic carbocycles. The summed E-state index contributed by atoms with van der Waals surface area (Å²) in [5, 5.41) is 11.5. The number of cyclic esters (lactones) is 1. The number of carbonyl (C=O) groups excluding carboxylic acids is 1. The SMILES string of the molecule is Cc1ccnc(N2CCc3c(cccc3N3CCOC3=O)C2)c1[N+](=O)[O-]. The molecule has 0 saturated carbocycles. The molecule has 1 saturated heterocycles. The Kier molecular flexibility index (Phi) is 3.95. The topological polar surface area (TPSA) is 88.8 Å². The van der Waals surface area contributed by atoms with E-state index >= 15 is 0 Å². The van der Waals surface area contributed by atoms with Gasteiger partial charge in [0, 0.05) is 24.8 Å². The fourth-order valence-electron chi connectivity index (χ4n) is 3.63. The molecule has 0 unspecified atom stereocenters. The third kappa shape index (κ3) is 2.63. The van der Waals surface area contributed by atoms with Gasteiger partial charge in [-0.1, -0.05) is 12.1 Å². The van der Waals surface area contributed by atoms with Crippen LogP contribution in [0.4, 0.5) is 22.0 Å². The second-order valence-corrected chi connectivity index (χ2v) is 6.41. The molecule has 1 aromatic heterocycles. The Morgan fingerprint density at radius 2 is 2.12 bits per heavy atom. The van der Waals surface area contributed by atoms with Gasteiger partial charge in [0.05, 0.1) is 17.2 Å². The summed E-state index contributed by atoms with van der Waals surface area (Å²) in [6.07, 6.45) is 1.96. The van der Waals surface area contributed by atoms with Crippen LogP contribution in [0.3, 0.4) is 0 Å². The zero-order valence-corrected chi connectivity index (χ0v) is 14.3. The zero-order valence-electron chi connectivity index (χ0n) is 14.3. The lowest BCUT2D eigenvalue weighted by atomic mass is 9.97. The molecule has 8 heteroatoms. The minimum atomic E-state index is -0.371. The second-order valence-electron chi connectivity index (χ2n) is 6.41. The number of nitro groups is 1. The molecule has 8 nitrogen and oxygen atoms in total. The maximum Gasteiger partial charge on any atom is 0.414 e. The van der Waals surface area contributed by atoms with E-state index < -0.39 is 0 Å². The van der Waals surface area contributed by atoms with Crippen molar-refractivity contribution in [2.45, 2.75) is 19.9 Å². The summed E-state index contributed by atoms with van der Waals surface area (Å²) in [7, 11) is 0. The number of ether oxygens (including phenoxy) is 1. The monoisotopic (exact) mass is 354 g/mol. The van der Waals surface area contributed by atoms with Gasteiger partial charge in [-0.05, 0) is 36.6 Å². The maximum atomic E-state index is 11.9. The molecule has 3 heterocycles.